The summed E-state index contributed by atoms with van der Waals surface area (Å²) in [6.07, 6.45) is 4.22. The van der Waals surface area contributed by atoms with Crippen molar-refractivity contribution in [1.29, 1.82) is 0 Å². The number of benzene rings is 1. The summed E-state index contributed by atoms with van der Waals surface area (Å²) in [5.41, 5.74) is 0.622. The predicted octanol–water partition coefficient (Wildman–Crippen LogP) is 2.91. The third-order valence-electron chi connectivity index (χ3n) is 4.74. The number of hydrogen-bond acceptors (Lipinski definition) is 5. The summed E-state index contributed by atoms with van der Waals surface area (Å²) in [7, 11) is 0. The van der Waals surface area contributed by atoms with Crippen LogP contribution < -0.4 is 0 Å². The van der Waals surface area contributed by atoms with Gasteiger partial charge in [0.05, 0.1) is 4.91 Å². The zero-order chi connectivity index (χ0) is 16.7. The number of aromatic hydroxyl groups is 1. The van der Waals surface area contributed by atoms with Crippen molar-refractivity contribution in [3.8, 4) is 5.75 Å². The highest BCUT2D eigenvalue weighted by Gasteiger charge is 2.34. The lowest BCUT2D eigenvalue weighted by atomic mass is 10.2. The number of amidine groups is 1. The summed E-state index contributed by atoms with van der Waals surface area (Å²) < 4.78 is 0.862. The first-order valence-corrected chi connectivity index (χ1v) is 9.71. The average molecular weight is 408 g/mol. The number of rotatable bonds is 1. The summed E-state index contributed by atoms with van der Waals surface area (Å²) in [4.78, 5) is 21.8. The van der Waals surface area contributed by atoms with Crippen LogP contribution in [0.25, 0.3) is 6.08 Å². The number of piperazine rings is 1. The molecule has 0 spiro atoms. The van der Waals surface area contributed by atoms with Gasteiger partial charge in [0.15, 0.2) is 5.17 Å². The molecule has 1 unspecified atom stereocenters. The summed E-state index contributed by atoms with van der Waals surface area (Å²) in [5.74, 6) is -0.0599. The van der Waals surface area contributed by atoms with Crippen LogP contribution in [-0.4, -0.2) is 58.2 Å². The van der Waals surface area contributed by atoms with E-state index in [0.29, 0.717) is 16.5 Å². The van der Waals surface area contributed by atoms with E-state index in [1.165, 1.54) is 31.1 Å². The zero-order valence-electron chi connectivity index (χ0n) is 13.1. The molecule has 3 aliphatic rings. The van der Waals surface area contributed by atoms with Crippen LogP contribution >= 0.6 is 27.7 Å². The third-order valence-corrected chi connectivity index (χ3v) is 6.28. The molecule has 4 rings (SSSR count). The van der Waals surface area contributed by atoms with Crippen molar-refractivity contribution >= 4 is 44.8 Å². The molecule has 1 N–H and O–H groups in total. The van der Waals surface area contributed by atoms with Gasteiger partial charge in [0.1, 0.15) is 5.75 Å². The number of amides is 1. The van der Waals surface area contributed by atoms with Gasteiger partial charge in [-0.05, 0) is 55.4 Å². The largest absolute Gasteiger partial charge is 0.507 e. The maximum atomic E-state index is 12.2. The molecule has 5 nitrogen and oxygen atoms in total. The number of halogens is 1. The third kappa shape index (κ3) is 3.12. The second kappa shape index (κ2) is 6.54. The van der Waals surface area contributed by atoms with E-state index >= 15 is 0 Å². The minimum absolute atomic E-state index is 0.159. The number of thioether (sulfide) groups is 1. The summed E-state index contributed by atoms with van der Waals surface area (Å²) in [6, 6.07) is 5.77. The van der Waals surface area contributed by atoms with Crippen molar-refractivity contribution in [2.24, 2.45) is 4.99 Å². The van der Waals surface area contributed by atoms with Crippen molar-refractivity contribution in [2.75, 3.05) is 26.2 Å². The van der Waals surface area contributed by atoms with E-state index < -0.39 is 0 Å². The molecule has 0 saturated carbocycles. The van der Waals surface area contributed by atoms with Gasteiger partial charge in [-0.1, -0.05) is 15.9 Å². The molecular weight excluding hydrogens is 390 g/mol. The van der Waals surface area contributed by atoms with Crippen molar-refractivity contribution in [1.82, 2.24) is 9.80 Å². The minimum Gasteiger partial charge on any atom is -0.507 e. The Hall–Kier alpha value is -1.31. The number of nitrogens with zero attached hydrogens (tertiary/aromatic N) is 3. The SMILES string of the molecule is O=C1N=C(N2CCN3CCCC3C2)SC1=Cc1cc(Br)ccc1O. The van der Waals surface area contributed by atoms with Crippen LogP contribution in [0.1, 0.15) is 18.4 Å². The Morgan fingerprint density at radius 2 is 2.21 bits per heavy atom. The molecule has 2 saturated heterocycles. The lowest BCUT2D eigenvalue weighted by Crippen LogP contribution is -2.51. The Balaban J connectivity index is 1.51. The van der Waals surface area contributed by atoms with E-state index in [0.717, 1.165) is 29.3 Å². The lowest BCUT2D eigenvalue weighted by molar-refractivity contribution is -0.113. The molecule has 3 aliphatic heterocycles. The lowest BCUT2D eigenvalue weighted by Gasteiger charge is -2.38. The molecule has 1 aromatic carbocycles. The van der Waals surface area contributed by atoms with Crippen LogP contribution in [0.4, 0.5) is 0 Å². The Morgan fingerprint density at radius 3 is 3.08 bits per heavy atom. The normalized spacial score (nSPS) is 26.1. The molecule has 7 heteroatoms. The molecule has 0 aromatic heterocycles. The van der Waals surface area contributed by atoms with E-state index in [2.05, 4.69) is 30.7 Å². The number of phenols is 1. The first kappa shape index (κ1) is 16.2. The molecule has 1 amide bonds. The molecule has 1 atom stereocenters. The average Bonchev–Trinajstić information content (AvgIpc) is 3.17. The van der Waals surface area contributed by atoms with Gasteiger partial charge >= 0.3 is 0 Å². The fourth-order valence-corrected chi connectivity index (χ4v) is 4.80. The molecule has 1 aromatic rings. The molecule has 0 bridgehead atoms. The minimum atomic E-state index is -0.219. The summed E-state index contributed by atoms with van der Waals surface area (Å²) >= 11 is 4.80. The Morgan fingerprint density at radius 1 is 1.33 bits per heavy atom. The Bertz CT molecular complexity index is 749. The van der Waals surface area contributed by atoms with Crippen LogP contribution in [-0.2, 0) is 4.79 Å². The van der Waals surface area contributed by atoms with Gasteiger partial charge < -0.3 is 10.0 Å². The fraction of sp³-hybridized carbons (Fsp3) is 0.412. The fourth-order valence-electron chi connectivity index (χ4n) is 3.48. The molecule has 2 fully saturated rings. The quantitative estimate of drug-likeness (QED) is 0.725. The van der Waals surface area contributed by atoms with E-state index in [-0.39, 0.29) is 11.7 Å². The highest BCUT2D eigenvalue weighted by Crippen LogP contribution is 2.34. The van der Waals surface area contributed by atoms with Crippen molar-refractivity contribution in [3.63, 3.8) is 0 Å². The monoisotopic (exact) mass is 407 g/mol. The number of fused-ring (bicyclic) bond motifs is 1. The van der Waals surface area contributed by atoms with Gasteiger partial charge in [0, 0.05) is 35.7 Å². The van der Waals surface area contributed by atoms with Gasteiger partial charge in [0.25, 0.3) is 5.91 Å². The molecule has 24 heavy (non-hydrogen) atoms. The smallest absolute Gasteiger partial charge is 0.286 e. The first-order valence-electron chi connectivity index (χ1n) is 8.10. The molecular formula is C17H18BrN3O2S. The second-order valence-corrected chi connectivity index (χ2v) is 8.22. The molecule has 0 aliphatic carbocycles. The van der Waals surface area contributed by atoms with Crippen LogP contribution in [0.3, 0.4) is 0 Å². The summed E-state index contributed by atoms with van der Waals surface area (Å²) in [5, 5.41) is 10.8. The number of hydrogen-bond donors (Lipinski definition) is 1. The van der Waals surface area contributed by atoms with Gasteiger partial charge in [-0.15, -0.1) is 0 Å². The van der Waals surface area contributed by atoms with Crippen molar-refractivity contribution in [3.05, 3.63) is 33.1 Å². The van der Waals surface area contributed by atoms with Gasteiger partial charge in [-0.25, -0.2) is 0 Å². The van der Waals surface area contributed by atoms with E-state index in [9.17, 15) is 9.90 Å². The van der Waals surface area contributed by atoms with Crippen LogP contribution in [0.5, 0.6) is 5.75 Å². The van der Waals surface area contributed by atoms with Gasteiger partial charge in [0.2, 0.25) is 0 Å². The Labute approximate surface area is 153 Å². The van der Waals surface area contributed by atoms with Crippen molar-refractivity contribution in [2.45, 2.75) is 18.9 Å². The molecule has 3 heterocycles. The summed E-state index contributed by atoms with van der Waals surface area (Å²) in [6.45, 7) is 4.12. The molecule has 126 valence electrons. The maximum absolute atomic E-state index is 12.2. The molecule has 0 radical (unpaired) electrons. The first-order chi connectivity index (χ1) is 11.6. The number of phenolic OH excluding ortho intramolecular Hbond substituents is 1. The van der Waals surface area contributed by atoms with E-state index in [1.54, 1.807) is 24.3 Å². The zero-order valence-corrected chi connectivity index (χ0v) is 15.5. The van der Waals surface area contributed by atoms with Crippen LogP contribution in [0.15, 0.2) is 32.6 Å². The van der Waals surface area contributed by atoms with E-state index in [4.69, 9.17) is 0 Å². The van der Waals surface area contributed by atoms with Gasteiger partial charge in [-0.3, -0.25) is 9.69 Å². The standard InChI is InChI=1S/C17H18BrN3O2S/c18-12-3-4-14(22)11(8-12)9-15-16(23)19-17(24-15)21-7-6-20-5-1-2-13(20)10-21/h3-4,8-9,13,22H,1-2,5-7,10H2. The van der Waals surface area contributed by atoms with E-state index in [1.807, 2.05) is 0 Å². The van der Waals surface area contributed by atoms with Crippen molar-refractivity contribution < 1.29 is 9.90 Å². The highest BCUT2D eigenvalue weighted by atomic mass is 79.9. The van der Waals surface area contributed by atoms with Gasteiger partial charge in [-0.2, -0.15) is 4.99 Å². The van der Waals surface area contributed by atoms with Crippen LogP contribution in [0, 0.1) is 0 Å². The number of carbonyl (C=O) groups is 1. The topological polar surface area (TPSA) is 56.1 Å². The van der Waals surface area contributed by atoms with Crippen LogP contribution in [0.2, 0.25) is 0 Å². The Kier molecular flexibility index (Phi) is 4.40. The number of carbonyl (C=O) groups excluding carboxylic acids is 1. The predicted molar refractivity (Wildman–Crippen MR) is 100.0 cm³/mol. The second-order valence-electron chi connectivity index (χ2n) is 6.29. The number of aliphatic imine (C=N–C) groups is 1. The highest BCUT2D eigenvalue weighted by molar-refractivity contribution is 9.10. The maximum Gasteiger partial charge on any atom is 0.286 e.